The number of hydrogen-bond donors (Lipinski definition) is 2. The molecule has 0 bridgehead atoms. The summed E-state index contributed by atoms with van der Waals surface area (Å²) >= 11 is 0. The molecule has 0 aliphatic carbocycles. The number of amides is 1. The third-order valence-corrected chi connectivity index (χ3v) is 6.21. The molecule has 2 N–H and O–H groups in total. The summed E-state index contributed by atoms with van der Waals surface area (Å²) in [5.41, 5.74) is 2.35. The Kier molecular flexibility index (Phi) is 5.14. The van der Waals surface area contributed by atoms with E-state index in [-0.39, 0.29) is 11.9 Å². The smallest absolute Gasteiger partial charge is 0.246 e. The van der Waals surface area contributed by atoms with Gasteiger partial charge in [0.15, 0.2) is 11.5 Å². The predicted octanol–water partition coefficient (Wildman–Crippen LogP) is 4.80. The average Bonchev–Trinajstić information content (AvgIpc) is 3.56. The van der Waals surface area contributed by atoms with E-state index in [2.05, 4.69) is 26.8 Å². The Morgan fingerprint density at radius 3 is 2.71 bits per heavy atom. The highest BCUT2D eigenvalue weighted by Gasteiger charge is 2.29. The number of nitrogens with one attached hydrogen (secondary N) is 2. The van der Waals surface area contributed by atoms with E-state index in [1.807, 2.05) is 59.3 Å². The van der Waals surface area contributed by atoms with Crippen molar-refractivity contribution >= 4 is 39.5 Å². The molecular formula is C26H23N7O2. The Morgan fingerprint density at radius 2 is 1.91 bits per heavy atom. The molecule has 1 amide bonds. The number of aromatic nitrogens is 5. The molecule has 1 aliphatic rings. The van der Waals surface area contributed by atoms with Gasteiger partial charge in [-0.15, -0.1) is 0 Å². The number of anilines is 2. The summed E-state index contributed by atoms with van der Waals surface area (Å²) in [5, 5.41) is 10.1. The minimum absolute atomic E-state index is 0.00139. The number of nitrogens with zero attached hydrogens (tertiary/aromatic N) is 5. The van der Waals surface area contributed by atoms with Gasteiger partial charge in [-0.3, -0.25) is 4.79 Å². The van der Waals surface area contributed by atoms with Crippen LogP contribution in [0.25, 0.3) is 22.1 Å². The standard InChI is InChI=1S/C26H23N7O2/c1-2-22(34)32-13-12-18(15-32)33-26-23-21(14-27-25(23)28-16-29-26)24(31-33)30-17-8-10-20(11-9-17)35-19-6-4-3-5-7-19/h2-11,14,16,18H,1,12-13,15H2,(H,30,31)(H,27,28,29)/t18-/m1/s1. The summed E-state index contributed by atoms with van der Waals surface area (Å²) in [7, 11) is 0. The van der Waals surface area contributed by atoms with Crippen molar-refractivity contribution in [2.24, 2.45) is 0 Å². The minimum atomic E-state index is -0.0696. The van der Waals surface area contributed by atoms with Crippen LogP contribution in [0.4, 0.5) is 11.5 Å². The van der Waals surface area contributed by atoms with Gasteiger partial charge in [-0.25, -0.2) is 14.6 Å². The Balaban J connectivity index is 1.33. The number of para-hydroxylation sites is 1. The van der Waals surface area contributed by atoms with Gasteiger partial charge >= 0.3 is 0 Å². The van der Waals surface area contributed by atoms with E-state index >= 15 is 0 Å². The van der Waals surface area contributed by atoms with Gasteiger partial charge in [0.1, 0.15) is 17.1 Å². The number of ether oxygens (including phenoxy) is 1. The molecule has 35 heavy (non-hydrogen) atoms. The first-order chi connectivity index (χ1) is 17.2. The van der Waals surface area contributed by atoms with Crippen molar-refractivity contribution < 1.29 is 9.53 Å². The Labute approximate surface area is 201 Å². The zero-order valence-corrected chi connectivity index (χ0v) is 18.9. The van der Waals surface area contributed by atoms with Crippen LogP contribution >= 0.6 is 0 Å². The number of carbonyl (C=O) groups is 1. The van der Waals surface area contributed by atoms with Crippen molar-refractivity contribution in [3.05, 3.63) is 79.8 Å². The quantitative estimate of drug-likeness (QED) is 0.349. The lowest BCUT2D eigenvalue weighted by Crippen LogP contribution is -2.27. The fourth-order valence-corrected chi connectivity index (χ4v) is 4.49. The first-order valence-electron chi connectivity index (χ1n) is 11.4. The molecule has 0 saturated carbocycles. The van der Waals surface area contributed by atoms with Crippen LogP contribution in [0.5, 0.6) is 11.5 Å². The maximum Gasteiger partial charge on any atom is 0.246 e. The summed E-state index contributed by atoms with van der Waals surface area (Å²) < 4.78 is 7.81. The Morgan fingerprint density at radius 1 is 1.11 bits per heavy atom. The second-order valence-electron chi connectivity index (χ2n) is 8.41. The van der Waals surface area contributed by atoms with Gasteiger partial charge < -0.3 is 19.9 Å². The topological polar surface area (TPSA) is 101 Å². The fourth-order valence-electron chi connectivity index (χ4n) is 4.49. The molecule has 6 rings (SSSR count). The highest BCUT2D eigenvalue weighted by atomic mass is 16.5. The molecule has 2 aromatic carbocycles. The van der Waals surface area contributed by atoms with Crippen LogP contribution in [0.2, 0.25) is 0 Å². The SMILES string of the molecule is C=CC(=O)N1CC[C@@H](n2nc(Nc3ccc(Oc4ccccc4)cc3)c3cnc4[nH]cnc2c43)C1. The molecule has 1 saturated heterocycles. The van der Waals surface area contributed by atoms with Gasteiger partial charge in [-0.1, -0.05) is 24.8 Å². The normalized spacial score (nSPS) is 15.5. The van der Waals surface area contributed by atoms with E-state index in [9.17, 15) is 4.79 Å². The van der Waals surface area contributed by atoms with Crippen LogP contribution < -0.4 is 10.1 Å². The van der Waals surface area contributed by atoms with Crippen LogP contribution in [0.15, 0.2) is 79.8 Å². The van der Waals surface area contributed by atoms with Crippen molar-refractivity contribution in [2.45, 2.75) is 12.5 Å². The van der Waals surface area contributed by atoms with Gasteiger partial charge in [-0.05, 0) is 48.9 Å². The summed E-state index contributed by atoms with van der Waals surface area (Å²) in [6, 6.07) is 17.4. The molecule has 4 heterocycles. The highest BCUT2D eigenvalue weighted by molar-refractivity contribution is 6.09. The van der Waals surface area contributed by atoms with Crippen molar-refractivity contribution in [1.29, 1.82) is 0 Å². The zero-order chi connectivity index (χ0) is 23.8. The molecular weight excluding hydrogens is 442 g/mol. The van der Waals surface area contributed by atoms with Crippen molar-refractivity contribution in [1.82, 2.24) is 29.6 Å². The third-order valence-electron chi connectivity index (χ3n) is 6.21. The first-order valence-corrected chi connectivity index (χ1v) is 11.4. The van der Waals surface area contributed by atoms with Crippen molar-refractivity contribution in [3.8, 4) is 11.5 Å². The summed E-state index contributed by atoms with van der Waals surface area (Å²) in [6.07, 6.45) is 5.56. The molecule has 1 fully saturated rings. The second-order valence-corrected chi connectivity index (χ2v) is 8.41. The van der Waals surface area contributed by atoms with E-state index in [1.165, 1.54) is 6.08 Å². The number of H-pyrrole nitrogens is 1. The number of carbonyl (C=O) groups excluding carboxylic acids is 1. The number of hydrogen-bond acceptors (Lipinski definition) is 6. The molecule has 9 heteroatoms. The molecule has 5 aromatic rings. The average molecular weight is 466 g/mol. The lowest BCUT2D eigenvalue weighted by molar-refractivity contribution is -0.125. The molecule has 1 aliphatic heterocycles. The lowest BCUT2D eigenvalue weighted by atomic mass is 10.2. The molecule has 0 radical (unpaired) electrons. The molecule has 1 atom stereocenters. The van der Waals surface area contributed by atoms with E-state index < -0.39 is 0 Å². The summed E-state index contributed by atoms with van der Waals surface area (Å²) in [6.45, 7) is 4.82. The molecule has 0 unspecified atom stereocenters. The van der Waals surface area contributed by atoms with E-state index in [0.717, 1.165) is 45.7 Å². The number of likely N-dealkylation sites (tertiary alicyclic amines) is 1. The molecule has 0 spiro atoms. The number of benzene rings is 2. The van der Waals surface area contributed by atoms with Crippen molar-refractivity contribution in [2.75, 3.05) is 18.4 Å². The van der Waals surface area contributed by atoms with Crippen LogP contribution in [0.1, 0.15) is 12.5 Å². The summed E-state index contributed by atoms with van der Waals surface area (Å²) in [5.74, 6) is 2.13. The van der Waals surface area contributed by atoms with Gasteiger partial charge in [0.2, 0.25) is 5.91 Å². The van der Waals surface area contributed by atoms with Gasteiger partial charge in [0.05, 0.1) is 23.1 Å². The fraction of sp³-hybridized carbons (Fsp3) is 0.154. The van der Waals surface area contributed by atoms with E-state index in [1.54, 1.807) is 17.4 Å². The Hall–Kier alpha value is -4.66. The van der Waals surface area contributed by atoms with Crippen LogP contribution in [-0.2, 0) is 4.79 Å². The van der Waals surface area contributed by atoms with Crippen LogP contribution in [-0.4, -0.2) is 48.6 Å². The van der Waals surface area contributed by atoms with Crippen LogP contribution in [0.3, 0.4) is 0 Å². The van der Waals surface area contributed by atoms with E-state index in [4.69, 9.17) is 9.84 Å². The van der Waals surface area contributed by atoms with Crippen LogP contribution in [0, 0.1) is 0 Å². The first kappa shape index (κ1) is 20.9. The monoisotopic (exact) mass is 465 g/mol. The zero-order valence-electron chi connectivity index (χ0n) is 18.9. The van der Waals surface area contributed by atoms with Crippen molar-refractivity contribution in [3.63, 3.8) is 0 Å². The second kappa shape index (κ2) is 8.60. The van der Waals surface area contributed by atoms with Gasteiger partial charge in [0.25, 0.3) is 0 Å². The number of aromatic amines is 1. The predicted molar refractivity (Wildman–Crippen MR) is 134 cm³/mol. The molecule has 174 valence electrons. The lowest BCUT2D eigenvalue weighted by Gasteiger charge is -2.19. The van der Waals surface area contributed by atoms with Gasteiger partial charge in [-0.2, -0.15) is 5.10 Å². The molecule has 9 nitrogen and oxygen atoms in total. The van der Waals surface area contributed by atoms with E-state index in [0.29, 0.717) is 18.9 Å². The van der Waals surface area contributed by atoms with Gasteiger partial charge in [0, 0.05) is 25.0 Å². The largest absolute Gasteiger partial charge is 0.457 e. The highest BCUT2D eigenvalue weighted by Crippen LogP contribution is 2.34. The summed E-state index contributed by atoms with van der Waals surface area (Å²) in [4.78, 5) is 26.1. The molecule has 3 aromatic heterocycles. The number of rotatable bonds is 6. The minimum Gasteiger partial charge on any atom is -0.457 e. The maximum atomic E-state index is 12.1. The Bertz CT molecular complexity index is 1520. The third kappa shape index (κ3) is 3.86. The maximum absolute atomic E-state index is 12.1.